The number of nitrogens with zero attached hydrogens (tertiary/aromatic N) is 1. The first-order chi connectivity index (χ1) is 18.4. The van der Waals surface area contributed by atoms with E-state index in [1.165, 1.54) is 17.9 Å². The third kappa shape index (κ3) is 4.75. The number of H-pyrrole nitrogens is 1. The molecule has 1 aliphatic rings. The summed E-state index contributed by atoms with van der Waals surface area (Å²) in [4.78, 5) is 26.6. The normalized spacial score (nSPS) is 20.3. The maximum absolute atomic E-state index is 12.5. The van der Waals surface area contributed by atoms with Gasteiger partial charge < -0.3 is 19.3 Å². The monoisotopic (exact) mass is 514 g/mol. The van der Waals surface area contributed by atoms with Crippen molar-refractivity contribution in [3.05, 3.63) is 140 Å². The van der Waals surface area contributed by atoms with Crippen LogP contribution in [0.2, 0.25) is 0 Å². The molecule has 2 heterocycles. The summed E-state index contributed by atoms with van der Waals surface area (Å²) < 4.78 is 20.2. The second kappa shape index (κ2) is 10.9. The lowest BCUT2D eigenvalue weighted by Gasteiger charge is -2.40. The highest BCUT2D eigenvalue weighted by Gasteiger charge is 2.47. The molecule has 0 aliphatic carbocycles. The summed E-state index contributed by atoms with van der Waals surface area (Å²) in [6, 6.07) is 29.4. The fourth-order valence-corrected chi connectivity index (χ4v) is 5.04. The van der Waals surface area contributed by atoms with E-state index in [1.807, 2.05) is 91.0 Å². The molecule has 1 aliphatic heterocycles. The molecule has 0 bridgehead atoms. The lowest BCUT2D eigenvalue weighted by molar-refractivity contribution is -0.242. The lowest BCUT2D eigenvalue weighted by Crippen LogP contribution is -2.45. The first kappa shape index (κ1) is 25.8. The van der Waals surface area contributed by atoms with Crippen molar-refractivity contribution < 1.29 is 19.3 Å². The average Bonchev–Trinajstić information content (AvgIpc) is 3.34. The van der Waals surface area contributed by atoms with Gasteiger partial charge in [-0.3, -0.25) is 14.3 Å². The van der Waals surface area contributed by atoms with Crippen LogP contribution in [0.15, 0.2) is 107 Å². The molecule has 1 fully saturated rings. The van der Waals surface area contributed by atoms with E-state index in [4.69, 9.17) is 14.2 Å². The Bertz CT molecular complexity index is 1370. The summed E-state index contributed by atoms with van der Waals surface area (Å²) in [5.74, 6) is 0. The number of aromatic nitrogens is 2. The summed E-state index contributed by atoms with van der Waals surface area (Å²) in [6.45, 7) is 1.60. The lowest BCUT2D eigenvalue weighted by atomic mass is 9.80. The maximum atomic E-state index is 12.5. The van der Waals surface area contributed by atoms with Gasteiger partial charge in [0.1, 0.15) is 17.9 Å². The van der Waals surface area contributed by atoms with Gasteiger partial charge in [0.2, 0.25) is 0 Å². The molecule has 0 amide bonds. The number of methoxy groups -OCH3 is 1. The van der Waals surface area contributed by atoms with Gasteiger partial charge in [-0.1, -0.05) is 91.0 Å². The molecule has 3 aromatic carbocycles. The van der Waals surface area contributed by atoms with Crippen molar-refractivity contribution in [2.24, 2.45) is 0 Å². The summed E-state index contributed by atoms with van der Waals surface area (Å²) >= 11 is 0. The molecule has 38 heavy (non-hydrogen) atoms. The van der Waals surface area contributed by atoms with Crippen molar-refractivity contribution in [2.45, 2.75) is 43.7 Å². The molecule has 4 atom stereocenters. The Morgan fingerprint density at radius 3 is 1.89 bits per heavy atom. The first-order valence-electron chi connectivity index (χ1n) is 12.5. The number of hydrogen-bond acceptors (Lipinski definition) is 6. The molecule has 8 heteroatoms. The van der Waals surface area contributed by atoms with E-state index in [9.17, 15) is 14.7 Å². The van der Waals surface area contributed by atoms with Crippen LogP contribution in [0.25, 0.3) is 0 Å². The van der Waals surface area contributed by atoms with Crippen LogP contribution in [-0.4, -0.2) is 40.3 Å². The van der Waals surface area contributed by atoms with Gasteiger partial charge in [0.25, 0.3) is 5.56 Å². The Balaban J connectivity index is 1.58. The Hall–Kier alpha value is -3.82. The molecular formula is C30H30N2O6. The van der Waals surface area contributed by atoms with Gasteiger partial charge in [-0.15, -0.1) is 0 Å². The topological polar surface area (TPSA) is 103 Å². The van der Waals surface area contributed by atoms with Crippen molar-refractivity contribution >= 4 is 0 Å². The summed E-state index contributed by atoms with van der Waals surface area (Å²) in [5.41, 5.74) is 0.806. The average molecular weight is 515 g/mol. The molecule has 0 saturated carbocycles. The zero-order chi connectivity index (χ0) is 26.7. The van der Waals surface area contributed by atoms with Crippen LogP contribution in [0.4, 0.5) is 0 Å². The number of hydrogen-bond donors (Lipinski definition) is 2. The Morgan fingerprint density at radius 1 is 0.921 bits per heavy atom. The first-order valence-corrected chi connectivity index (χ1v) is 12.5. The minimum Gasteiger partial charge on any atom is -0.390 e. The van der Waals surface area contributed by atoms with Gasteiger partial charge in [-0.2, -0.15) is 0 Å². The third-order valence-corrected chi connectivity index (χ3v) is 6.93. The van der Waals surface area contributed by atoms with Crippen molar-refractivity contribution in [1.82, 2.24) is 9.55 Å². The molecule has 0 radical (unpaired) electrons. The number of aliphatic hydroxyl groups is 1. The van der Waals surface area contributed by atoms with Gasteiger partial charge in [0, 0.05) is 25.3 Å². The van der Waals surface area contributed by atoms with Crippen LogP contribution in [0.5, 0.6) is 0 Å². The third-order valence-electron chi connectivity index (χ3n) is 6.93. The van der Waals surface area contributed by atoms with Gasteiger partial charge in [-0.05, 0) is 23.6 Å². The van der Waals surface area contributed by atoms with E-state index in [2.05, 4.69) is 4.98 Å². The van der Waals surface area contributed by atoms with E-state index in [0.29, 0.717) is 5.56 Å². The number of aryl methyl sites for hydroxylation is 1. The van der Waals surface area contributed by atoms with Gasteiger partial charge in [-0.25, -0.2) is 4.79 Å². The second-order valence-electron chi connectivity index (χ2n) is 9.34. The zero-order valence-corrected chi connectivity index (χ0v) is 21.2. The molecule has 196 valence electrons. The van der Waals surface area contributed by atoms with Crippen LogP contribution in [0.1, 0.15) is 34.9 Å². The van der Waals surface area contributed by atoms with E-state index in [0.717, 1.165) is 16.7 Å². The standard InChI is InChI=1S/C30H30N2O6/c1-20-19-32(29(35)31-27(20)34)25-18-24(33)26(37-25)28(36-2)38-30(21-12-6-3-7-13-21,22-14-8-4-9-15-22)23-16-10-5-11-17-23/h3-17,19,24-26,28,33H,18H2,1-2H3,(H,31,34,35)/t24-,25+,26-,28?/m0/s1. The van der Waals surface area contributed by atoms with Crippen molar-refractivity contribution in [3.63, 3.8) is 0 Å². The van der Waals surface area contributed by atoms with E-state index < -0.39 is 41.6 Å². The van der Waals surface area contributed by atoms with E-state index >= 15 is 0 Å². The molecule has 5 rings (SSSR count). The van der Waals surface area contributed by atoms with E-state index in [1.54, 1.807) is 6.92 Å². The molecule has 1 saturated heterocycles. The predicted octanol–water partition coefficient (Wildman–Crippen LogP) is 3.47. The molecule has 8 nitrogen and oxygen atoms in total. The summed E-state index contributed by atoms with van der Waals surface area (Å²) in [5, 5.41) is 11.1. The molecule has 2 N–H and O–H groups in total. The molecule has 0 spiro atoms. The second-order valence-corrected chi connectivity index (χ2v) is 9.34. The number of benzene rings is 3. The highest BCUT2D eigenvalue weighted by molar-refractivity contribution is 5.47. The molecular weight excluding hydrogens is 484 g/mol. The summed E-state index contributed by atoms with van der Waals surface area (Å²) in [7, 11) is 1.50. The van der Waals surface area contributed by atoms with Crippen LogP contribution in [0.3, 0.4) is 0 Å². The quantitative estimate of drug-likeness (QED) is 0.276. The van der Waals surface area contributed by atoms with Gasteiger partial charge in [0.05, 0.1) is 6.10 Å². The molecule has 1 unspecified atom stereocenters. The molecule has 1 aromatic heterocycles. The van der Waals surface area contributed by atoms with Crippen LogP contribution in [0, 0.1) is 6.92 Å². The highest BCUT2D eigenvalue weighted by atomic mass is 16.7. The van der Waals surface area contributed by atoms with Crippen LogP contribution in [-0.2, 0) is 19.8 Å². The Kier molecular flexibility index (Phi) is 7.40. The number of nitrogens with one attached hydrogen (secondary N) is 1. The van der Waals surface area contributed by atoms with E-state index in [-0.39, 0.29) is 6.42 Å². The van der Waals surface area contributed by atoms with Crippen molar-refractivity contribution in [2.75, 3.05) is 7.11 Å². The highest BCUT2D eigenvalue weighted by Crippen LogP contribution is 2.43. The number of aromatic amines is 1. The fraction of sp³-hybridized carbons (Fsp3) is 0.267. The summed E-state index contributed by atoms with van der Waals surface area (Å²) in [6.07, 6.45) is -2.18. The van der Waals surface area contributed by atoms with Gasteiger partial charge >= 0.3 is 5.69 Å². The number of rotatable bonds is 8. The largest absolute Gasteiger partial charge is 0.390 e. The van der Waals surface area contributed by atoms with Crippen molar-refractivity contribution in [3.8, 4) is 0 Å². The minimum absolute atomic E-state index is 0.119. The SMILES string of the molecule is COC(OC(c1ccccc1)(c1ccccc1)c1ccccc1)[C@H]1O[C@@H](n2cc(C)c(=O)[nH]c2=O)C[C@@H]1O. The molecule has 4 aromatic rings. The van der Waals surface area contributed by atoms with Gasteiger partial charge in [0.15, 0.2) is 6.29 Å². The number of aliphatic hydroxyl groups excluding tert-OH is 1. The fourth-order valence-electron chi connectivity index (χ4n) is 5.04. The predicted molar refractivity (Wildman–Crippen MR) is 142 cm³/mol. The van der Waals surface area contributed by atoms with Crippen LogP contribution < -0.4 is 11.2 Å². The number of ether oxygens (including phenoxy) is 3. The maximum Gasteiger partial charge on any atom is 0.330 e. The Labute approximate surface area is 220 Å². The smallest absolute Gasteiger partial charge is 0.330 e. The zero-order valence-electron chi connectivity index (χ0n) is 21.2. The minimum atomic E-state index is -1.10. The van der Waals surface area contributed by atoms with Crippen LogP contribution >= 0.6 is 0 Å². The van der Waals surface area contributed by atoms with Crippen molar-refractivity contribution in [1.29, 1.82) is 0 Å². The Morgan fingerprint density at radius 2 is 1.42 bits per heavy atom.